The number of hydrogen-bond acceptors (Lipinski definition) is 8. The lowest BCUT2D eigenvalue weighted by Gasteiger charge is -2.17. The van der Waals surface area contributed by atoms with Gasteiger partial charge in [0.15, 0.2) is 22.4 Å². The van der Waals surface area contributed by atoms with Gasteiger partial charge >= 0.3 is 0 Å². The zero-order chi connectivity index (χ0) is 25.8. The number of aromatic nitrogens is 2. The third-order valence-electron chi connectivity index (χ3n) is 5.47. The fourth-order valence-electron chi connectivity index (χ4n) is 3.67. The predicted octanol–water partition coefficient (Wildman–Crippen LogP) is 5.05. The zero-order valence-corrected chi connectivity index (χ0v) is 21.6. The topological polar surface area (TPSA) is 88.9 Å². The molecular formula is C26H23ClN2O6S. The molecule has 4 aromatic rings. The summed E-state index contributed by atoms with van der Waals surface area (Å²) in [5.41, 5.74) is 1.01. The molecule has 10 heteroatoms. The van der Waals surface area contributed by atoms with Gasteiger partial charge in [0.25, 0.3) is 5.56 Å². The van der Waals surface area contributed by atoms with Crippen LogP contribution in [0.2, 0.25) is 5.02 Å². The number of fused-ring (bicyclic) bond motifs is 1. The van der Waals surface area contributed by atoms with Gasteiger partial charge < -0.3 is 18.9 Å². The standard InChI is InChI=1S/C26H23ClN2O6S/c1-32-18-11-9-17(10-12-18)29-25(31)19-13-21(33-2)23(34-3)24(35-4)22(19)28-26(29)36-14-20(30)15-5-7-16(27)8-6-15/h5-13H,14H2,1-4H3. The van der Waals surface area contributed by atoms with Crippen LogP contribution in [-0.2, 0) is 0 Å². The fraction of sp³-hybridized carbons (Fsp3) is 0.192. The Morgan fingerprint density at radius 1 is 0.917 bits per heavy atom. The monoisotopic (exact) mass is 526 g/mol. The van der Waals surface area contributed by atoms with Crippen LogP contribution in [0.15, 0.2) is 64.5 Å². The molecule has 0 fully saturated rings. The summed E-state index contributed by atoms with van der Waals surface area (Å²) in [6.07, 6.45) is 0. The minimum absolute atomic E-state index is 0.0470. The summed E-state index contributed by atoms with van der Waals surface area (Å²) in [7, 11) is 5.98. The molecule has 0 saturated carbocycles. The molecule has 1 heterocycles. The lowest BCUT2D eigenvalue weighted by atomic mass is 10.1. The Balaban J connectivity index is 1.89. The van der Waals surface area contributed by atoms with Crippen molar-refractivity contribution in [2.24, 2.45) is 0 Å². The van der Waals surface area contributed by atoms with Crippen LogP contribution in [0.25, 0.3) is 16.6 Å². The van der Waals surface area contributed by atoms with Crippen LogP contribution in [0.5, 0.6) is 23.0 Å². The number of methoxy groups -OCH3 is 4. The summed E-state index contributed by atoms with van der Waals surface area (Å²) >= 11 is 7.08. The van der Waals surface area contributed by atoms with Gasteiger partial charge in [0.05, 0.1) is 45.3 Å². The number of ether oxygens (including phenoxy) is 4. The molecule has 0 N–H and O–H groups in total. The number of rotatable bonds is 9. The number of hydrogen-bond donors (Lipinski definition) is 0. The van der Waals surface area contributed by atoms with Crippen molar-refractivity contribution in [2.75, 3.05) is 34.2 Å². The largest absolute Gasteiger partial charge is 0.497 e. The number of thioether (sulfide) groups is 1. The second-order valence-corrected chi connectivity index (χ2v) is 8.87. The van der Waals surface area contributed by atoms with Gasteiger partial charge in [-0.05, 0) is 54.6 Å². The summed E-state index contributed by atoms with van der Waals surface area (Å²) in [6, 6.07) is 15.2. The fourth-order valence-corrected chi connectivity index (χ4v) is 4.70. The van der Waals surface area contributed by atoms with E-state index in [1.807, 2.05) is 0 Å². The molecule has 0 unspecified atom stereocenters. The van der Waals surface area contributed by atoms with Crippen molar-refractivity contribution in [2.45, 2.75) is 5.16 Å². The van der Waals surface area contributed by atoms with E-state index in [4.69, 9.17) is 35.5 Å². The first-order chi connectivity index (χ1) is 17.4. The molecule has 0 saturated heterocycles. The van der Waals surface area contributed by atoms with E-state index in [0.717, 1.165) is 11.8 Å². The summed E-state index contributed by atoms with van der Waals surface area (Å²) in [5, 5.41) is 1.12. The Hall–Kier alpha value is -3.69. The van der Waals surface area contributed by atoms with E-state index in [1.54, 1.807) is 61.7 Å². The van der Waals surface area contributed by atoms with Gasteiger partial charge in [-0.2, -0.15) is 0 Å². The lowest BCUT2D eigenvalue weighted by molar-refractivity contribution is 0.102. The van der Waals surface area contributed by atoms with E-state index in [1.165, 1.54) is 25.9 Å². The minimum atomic E-state index is -0.356. The number of benzene rings is 3. The average Bonchev–Trinajstić information content (AvgIpc) is 2.91. The van der Waals surface area contributed by atoms with E-state index < -0.39 is 0 Å². The van der Waals surface area contributed by atoms with Crippen LogP contribution >= 0.6 is 23.4 Å². The number of halogens is 1. The van der Waals surface area contributed by atoms with Crippen molar-refractivity contribution in [3.05, 3.63) is 75.5 Å². The highest BCUT2D eigenvalue weighted by Crippen LogP contribution is 2.42. The number of nitrogens with zero attached hydrogens (tertiary/aromatic N) is 2. The normalized spacial score (nSPS) is 10.8. The highest BCUT2D eigenvalue weighted by molar-refractivity contribution is 7.99. The third kappa shape index (κ3) is 4.84. The van der Waals surface area contributed by atoms with E-state index in [9.17, 15) is 9.59 Å². The first-order valence-corrected chi connectivity index (χ1v) is 12.1. The van der Waals surface area contributed by atoms with E-state index in [-0.39, 0.29) is 28.2 Å². The van der Waals surface area contributed by atoms with Crippen molar-refractivity contribution in [3.8, 4) is 28.7 Å². The Morgan fingerprint density at radius 3 is 2.17 bits per heavy atom. The average molecular weight is 527 g/mol. The maximum Gasteiger partial charge on any atom is 0.266 e. The number of ketones is 1. The van der Waals surface area contributed by atoms with Gasteiger partial charge in [0, 0.05) is 10.6 Å². The molecule has 0 aliphatic carbocycles. The number of carbonyl (C=O) groups is 1. The molecule has 3 aromatic carbocycles. The molecule has 1 aromatic heterocycles. The molecule has 186 valence electrons. The van der Waals surface area contributed by atoms with Crippen molar-refractivity contribution < 1.29 is 23.7 Å². The van der Waals surface area contributed by atoms with Gasteiger partial charge in [0.1, 0.15) is 11.3 Å². The van der Waals surface area contributed by atoms with Crippen LogP contribution in [0.3, 0.4) is 0 Å². The highest BCUT2D eigenvalue weighted by Gasteiger charge is 2.23. The molecule has 0 aliphatic heterocycles. The van der Waals surface area contributed by atoms with Gasteiger partial charge in [-0.1, -0.05) is 23.4 Å². The zero-order valence-electron chi connectivity index (χ0n) is 20.0. The minimum Gasteiger partial charge on any atom is -0.497 e. The first-order valence-electron chi connectivity index (χ1n) is 10.7. The second kappa shape index (κ2) is 10.9. The summed E-state index contributed by atoms with van der Waals surface area (Å²) in [4.78, 5) is 31.4. The van der Waals surface area contributed by atoms with Crippen molar-refractivity contribution in [1.29, 1.82) is 0 Å². The van der Waals surface area contributed by atoms with Crippen molar-refractivity contribution in [3.63, 3.8) is 0 Å². The van der Waals surface area contributed by atoms with E-state index in [0.29, 0.717) is 44.2 Å². The summed E-state index contributed by atoms with van der Waals surface area (Å²) in [5.74, 6) is 1.46. The Morgan fingerprint density at radius 2 is 1.58 bits per heavy atom. The molecule has 4 rings (SSSR count). The van der Waals surface area contributed by atoms with Crippen LogP contribution < -0.4 is 24.5 Å². The second-order valence-electron chi connectivity index (χ2n) is 7.49. The molecular weight excluding hydrogens is 504 g/mol. The molecule has 36 heavy (non-hydrogen) atoms. The van der Waals surface area contributed by atoms with Crippen LogP contribution in [-0.4, -0.2) is 49.5 Å². The van der Waals surface area contributed by atoms with Gasteiger partial charge in [-0.3, -0.25) is 14.2 Å². The molecule has 8 nitrogen and oxygen atoms in total. The maximum atomic E-state index is 13.8. The smallest absolute Gasteiger partial charge is 0.266 e. The van der Waals surface area contributed by atoms with Crippen LogP contribution in [0.4, 0.5) is 0 Å². The molecule has 0 aliphatic rings. The quantitative estimate of drug-likeness (QED) is 0.170. The highest BCUT2D eigenvalue weighted by atomic mass is 35.5. The number of Topliss-reactive ketones (excluding diaryl/α,β-unsaturated/α-hetero) is 1. The number of carbonyl (C=O) groups excluding carboxylic acids is 1. The maximum absolute atomic E-state index is 13.8. The Kier molecular flexibility index (Phi) is 7.71. The van der Waals surface area contributed by atoms with Crippen molar-refractivity contribution in [1.82, 2.24) is 9.55 Å². The molecule has 0 radical (unpaired) electrons. The van der Waals surface area contributed by atoms with Gasteiger partial charge in [-0.15, -0.1) is 0 Å². The molecule has 0 atom stereocenters. The van der Waals surface area contributed by atoms with Gasteiger partial charge in [-0.25, -0.2) is 4.98 Å². The van der Waals surface area contributed by atoms with Gasteiger partial charge in [0.2, 0.25) is 5.75 Å². The predicted molar refractivity (Wildman–Crippen MR) is 140 cm³/mol. The van der Waals surface area contributed by atoms with E-state index >= 15 is 0 Å². The SMILES string of the molecule is COc1ccc(-n2c(SCC(=O)c3ccc(Cl)cc3)nc3c(OC)c(OC)c(OC)cc3c2=O)cc1. The van der Waals surface area contributed by atoms with Crippen molar-refractivity contribution >= 4 is 40.0 Å². The van der Waals surface area contributed by atoms with Crippen LogP contribution in [0.1, 0.15) is 10.4 Å². The summed E-state index contributed by atoms with van der Waals surface area (Å²) < 4.78 is 23.2. The third-order valence-corrected chi connectivity index (χ3v) is 6.66. The lowest BCUT2D eigenvalue weighted by Crippen LogP contribution is -2.22. The van der Waals surface area contributed by atoms with E-state index in [2.05, 4.69) is 0 Å². The van der Waals surface area contributed by atoms with Crippen LogP contribution in [0, 0.1) is 0 Å². The Bertz CT molecular complexity index is 1470. The summed E-state index contributed by atoms with van der Waals surface area (Å²) in [6.45, 7) is 0. The molecule has 0 amide bonds. The molecule has 0 bridgehead atoms. The molecule has 0 spiro atoms. The first kappa shape index (κ1) is 25.4. The Labute approximate surface area is 216 Å².